The Morgan fingerprint density at radius 2 is 1.88 bits per heavy atom. The number of benzene rings is 2. The van der Waals surface area contributed by atoms with E-state index in [-0.39, 0.29) is 29.4 Å². The maximum atomic E-state index is 12.5. The molecule has 0 fully saturated rings. The smallest absolute Gasteiger partial charge is 0.376 e. The highest BCUT2D eigenvalue weighted by Gasteiger charge is 2.43. The van der Waals surface area contributed by atoms with E-state index in [1.807, 2.05) is 30.3 Å². The summed E-state index contributed by atoms with van der Waals surface area (Å²) in [6.45, 7) is 0.165. The average Bonchev–Trinajstić information content (AvgIpc) is 2.96. The third-order valence-electron chi connectivity index (χ3n) is 3.71. The number of aliphatic carboxylic acids is 1. The summed E-state index contributed by atoms with van der Waals surface area (Å²) < 4.78 is 16.2. The number of carbonyl (C=O) groups is 3. The van der Waals surface area contributed by atoms with Gasteiger partial charge < -0.3 is 19.3 Å². The molecule has 1 aliphatic rings. The minimum absolute atomic E-state index is 0.00915. The average molecular weight is 342 g/mol. The van der Waals surface area contributed by atoms with Crippen molar-refractivity contribution in [2.45, 2.75) is 12.7 Å². The molecule has 1 aliphatic heterocycles. The first-order valence-electron chi connectivity index (χ1n) is 7.38. The summed E-state index contributed by atoms with van der Waals surface area (Å²) in [6.07, 6.45) is -1.71. The number of fused-ring (bicyclic) bond motifs is 1. The Labute approximate surface area is 142 Å². The van der Waals surface area contributed by atoms with Crippen LogP contribution in [0.25, 0.3) is 0 Å². The Morgan fingerprint density at radius 1 is 1.16 bits per heavy atom. The molecule has 3 rings (SSSR count). The topological polar surface area (TPSA) is 99.1 Å². The van der Waals surface area contributed by atoms with Crippen LogP contribution in [-0.2, 0) is 16.2 Å². The second kappa shape index (κ2) is 6.64. The van der Waals surface area contributed by atoms with Crippen molar-refractivity contribution >= 4 is 17.5 Å². The number of Topliss-reactive ketones (excluding diaryl/α,β-unsaturated/α-hetero) is 2. The van der Waals surface area contributed by atoms with E-state index >= 15 is 0 Å². The minimum Gasteiger partial charge on any atom is -0.493 e. The molecule has 1 heterocycles. The lowest BCUT2D eigenvalue weighted by Gasteiger charge is -2.13. The van der Waals surface area contributed by atoms with Crippen LogP contribution in [-0.4, -0.2) is 35.9 Å². The zero-order chi connectivity index (χ0) is 18.0. The first kappa shape index (κ1) is 16.5. The van der Waals surface area contributed by atoms with Gasteiger partial charge in [-0.1, -0.05) is 30.3 Å². The van der Waals surface area contributed by atoms with E-state index in [2.05, 4.69) is 0 Å². The van der Waals surface area contributed by atoms with E-state index in [1.54, 1.807) is 0 Å². The van der Waals surface area contributed by atoms with Gasteiger partial charge in [0.05, 0.1) is 7.11 Å². The lowest BCUT2D eigenvalue weighted by atomic mass is 10.0. The first-order valence-corrected chi connectivity index (χ1v) is 7.38. The molecule has 25 heavy (non-hydrogen) atoms. The van der Waals surface area contributed by atoms with Gasteiger partial charge >= 0.3 is 5.97 Å². The molecule has 1 N–H and O–H groups in total. The van der Waals surface area contributed by atoms with Crippen LogP contribution < -0.4 is 14.2 Å². The van der Waals surface area contributed by atoms with Crippen LogP contribution in [0, 0.1) is 0 Å². The maximum absolute atomic E-state index is 12.5. The minimum atomic E-state index is -1.73. The monoisotopic (exact) mass is 342 g/mol. The van der Waals surface area contributed by atoms with E-state index in [9.17, 15) is 14.4 Å². The van der Waals surface area contributed by atoms with Crippen LogP contribution >= 0.6 is 0 Å². The first-order chi connectivity index (χ1) is 12.0. The van der Waals surface area contributed by atoms with Gasteiger partial charge in [0.2, 0.25) is 11.9 Å². The van der Waals surface area contributed by atoms with Crippen LogP contribution in [0.1, 0.15) is 15.9 Å². The third kappa shape index (κ3) is 3.03. The number of hydrogen-bond acceptors (Lipinski definition) is 6. The molecule has 7 nitrogen and oxygen atoms in total. The van der Waals surface area contributed by atoms with Crippen molar-refractivity contribution in [3.63, 3.8) is 0 Å². The number of carboxylic acid groups (broad SMARTS) is 1. The Morgan fingerprint density at radius 3 is 2.52 bits per heavy atom. The van der Waals surface area contributed by atoms with Gasteiger partial charge in [0, 0.05) is 0 Å². The highest BCUT2D eigenvalue weighted by molar-refractivity contribution is 6.41. The molecule has 0 spiro atoms. The van der Waals surface area contributed by atoms with Gasteiger partial charge in [-0.3, -0.25) is 9.59 Å². The zero-order valence-corrected chi connectivity index (χ0v) is 13.2. The highest BCUT2D eigenvalue weighted by atomic mass is 16.5. The third-order valence-corrected chi connectivity index (χ3v) is 3.71. The number of carbonyl (C=O) groups excluding carboxylic acids is 2. The Hall–Kier alpha value is -3.35. The fraction of sp³-hybridized carbons (Fsp3) is 0.167. The summed E-state index contributed by atoms with van der Waals surface area (Å²) in [5.74, 6) is -3.32. The van der Waals surface area contributed by atoms with E-state index in [4.69, 9.17) is 19.3 Å². The van der Waals surface area contributed by atoms with Gasteiger partial charge in [-0.15, -0.1) is 0 Å². The Balaban J connectivity index is 1.94. The van der Waals surface area contributed by atoms with Crippen molar-refractivity contribution in [2.24, 2.45) is 0 Å². The van der Waals surface area contributed by atoms with Crippen molar-refractivity contribution in [2.75, 3.05) is 7.11 Å². The van der Waals surface area contributed by atoms with Gasteiger partial charge in [0.25, 0.3) is 5.78 Å². The molecule has 0 saturated carbocycles. The summed E-state index contributed by atoms with van der Waals surface area (Å²) in [5.41, 5.74) is 0.876. The quantitative estimate of drug-likeness (QED) is 0.632. The second-order valence-electron chi connectivity index (χ2n) is 5.28. The number of hydrogen-bond donors (Lipinski definition) is 1. The largest absolute Gasteiger partial charge is 0.493 e. The van der Waals surface area contributed by atoms with Crippen LogP contribution in [0.15, 0.2) is 42.5 Å². The van der Waals surface area contributed by atoms with Crippen LogP contribution in [0.5, 0.6) is 17.2 Å². The van der Waals surface area contributed by atoms with Crippen molar-refractivity contribution in [1.29, 1.82) is 0 Å². The summed E-state index contributed by atoms with van der Waals surface area (Å²) >= 11 is 0. The maximum Gasteiger partial charge on any atom is 0.376 e. The standard InChI is InChI=1S/C18H14O7/c1-23-12-8-7-11-13(14(19)17(25-11)15(20)18(21)22)16(12)24-9-10-5-3-2-4-6-10/h2-8,17H,9H2,1H3,(H,21,22). The molecule has 128 valence electrons. The van der Waals surface area contributed by atoms with Crippen molar-refractivity contribution in [3.05, 3.63) is 53.6 Å². The molecule has 1 unspecified atom stereocenters. The predicted octanol–water partition coefficient (Wildman–Crippen LogP) is 1.87. The van der Waals surface area contributed by atoms with Crippen molar-refractivity contribution in [1.82, 2.24) is 0 Å². The van der Waals surface area contributed by atoms with Crippen LogP contribution in [0.4, 0.5) is 0 Å². The van der Waals surface area contributed by atoms with Gasteiger partial charge in [-0.25, -0.2) is 4.79 Å². The zero-order valence-electron chi connectivity index (χ0n) is 13.2. The SMILES string of the molecule is COc1ccc2c(c1OCc1ccccc1)C(=O)C(C(=O)C(=O)O)O2. The lowest BCUT2D eigenvalue weighted by Crippen LogP contribution is -2.36. The van der Waals surface area contributed by atoms with Crippen molar-refractivity contribution in [3.8, 4) is 17.2 Å². The van der Waals surface area contributed by atoms with Gasteiger partial charge in [0.15, 0.2) is 11.5 Å². The molecular weight excluding hydrogens is 328 g/mol. The molecule has 0 aliphatic carbocycles. The Bertz CT molecular complexity index is 842. The highest BCUT2D eigenvalue weighted by Crippen LogP contribution is 2.42. The molecule has 0 saturated heterocycles. The molecule has 2 aromatic rings. The number of rotatable bonds is 6. The summed E-state index contributed by atoms with van der Waals surface area (Å²) in [5, 5.41) is 8.82. The summed E-state index contributed by atoms with van der Waals surface area (Å²) in [4.78, 5) is 35.0. The number of ether oxygens (including phenoxy) is 3. The molecule has 0 amide bonds. The molecule has 0 bridgehead atoms. The lowest BCUT2D eigenvalue weighted by molar-refractivity contribution is -0.151. The van der Waals surface area contributed by atoms with Gasteiger partial charge in [0.1, 0.15) is 17.9 Å². The fourth-order valence-electron chi connectivity index (χ4n) is 2.51. The van der Waals surface area contributed by atoms with E-state index in [1.165, 1.54) is 19.2 Å². The van der Waals surface area contributed by atoms with E-state index in [0.29, 0.717) is 0 Å². The molecular formula is C18H14O7. The number of ketones is 2. The molecule has 1 atom stereocenters. The number of carboxylic acids is 1. The van der Waals surface area contributed by atoms with Gasteiger partial charge in [-0.05, 0) is 17.7 Å². The molecule has 0 aromatic heterocycles. The Kier molecular flexibility index (Phi) is 4.38. The van der Waals surface area contributed by atoms with Gasteiger partial charge in [-0.2, -0.15) is 0 Å². The van der Waals surface area contributed by atoms with Crippen LogP contribution in [0.2, 0.25) is 0 Å². The molecule has 0 radical (unpaired) electrons. The summed E-state index contributed by atoms with van der Waals surface area (Å²) in [6, 6.07) is 12.2. The molecule has 2 aromatic carbocycles. The fourth-order valence-corrected chi connectivity index (χ4v) is 2.51. The van der Waals surface area contributed by atoms with E-state index in [0.717, 1.165) is 5.56 Å². The van der Waals surface area contributed by atoms with E-state index < -0.39 is 23.6 Å². The van der Waals surface area contributed by atoms with Crippen LogP contribution in [0.3, 0.4) is 0 Å². The predicted molar refractivity (Wildman–Crippen MR) is 85.2 cm³/mol. The second-order valence-corrected chi connectivity index (χ2v) is 5.28. The number of methoxy groups -OCH3 is 1. The normalized spacial score (nSPS) is 15.2. The van der Waals surface area contributed by atoms with Crippen molar-refractivity contribution < 1.29 is 33.7 Å². The molecule has 7 heteroatoms. The summed E-state index contributed by atoms with van der Waals surface area (Å²) in [7, 11) is 1.41.